The number of quaternary nitrogens is 1. The summed E-state index contributed by atoms with van der Waals surface area (Å²) in [6.07, 6.45) is 65.9. The van der Waals surface area contributed by atoms with Crippen LogP contribution in [0.4, 0.5) is 0 Å². The lowest BCUT2D eigenvalue weighted by atomic mass is 10.0. The summed E-state index contributed by atoms with van der Waals surface area (Å²) in [5, 5.41) is 11.8. The van der Waals surface area contributed by atoms with E-state index >= 15 is 0 Å². The minimum Gasteiger partial charge on any atom is -0.545 e. The van der Waals surface area contributed by atoms with Gasteiger partial charge in [-0.2, -0.15) is 0 Å². The number of hydrogen-bond acceptors (Lipinski definition) is 8. The van der Waals surface area contributed by atoms with Gasteiger partial charge in [-0.05, 0) is 38.5 Å². The summed E-state index contributed by atoms with van der Waals surface area (Å²) in [4.78, 5) is 37.3. The second-order valence-corrected chi connectivity index (χ2v) is 23.8. The molecule has 0 aliphatic heterocycles. The lowest BCUT2D eigenvalue weighted by molar-refractivity contribution is -0.870. The molecule has 0 heterocycles. The van der Waals surface area contributed by atoms with E-state index in [1.165, 1.54) is 270 Å². The lowest BCUT2D eigenvalue weighted by Crippen LogP contribution is -2.44. The van der Waals surface area contributed by atoms with Crippen LogP contribution in [0.15, 0.2) is 12.2 Å². The molecule has 0 amide bonds. The van der Waals surface area contributed by atoms with Crippen LogP contribution in [0.2, 0.25) is 0 Å². The topological polar surface area (TPSA) is 111 Å². The van der Waals surface area contributed by atoms with Crippen LogP contribution in [-0.2, 0) is 33.3 Å². The van der Waals surface area contributed by atoms with Crippen LogP contribution >= 0.6 is 0 Å². The van der Waals surface area contributed by atoms with Gasteiger partial charge in [0.05, 0.1) is 40.3 Å². The fourth-order valence-electron chi connectivity index (χ4n) is 9.95. The summed E-state index contributed by atoms with van der Waals surface area (Å²) >= 11 is 0. The monoisotopic (exact) mass is 1060 g/mol. The van der Waals surface area contributed by atoms with E-state index < -0.39 is 24.3 Å². The second-order valence-electron chi connectivity index (χ2n) is 23.8. The van der Waals surface area contributed by atoms with Crippen LogP contribution in [0.5, 0.6) is 0 Å². The molecule has 0 rings (SSSR count). The lowest BCUT2D eigenvalue weighted by Gasteiger charge is -2.26. The summed E-state index contributed by atoms with van der Waals surface area (Å²) in [7, 11) is 5.94. The molecule has 0 aliphatic rings. The molecule has 9 nitrogen and oxygen atoms in total. The molecule has 0 aromatic rings. The molecular formula is C66H127NO8. The number of carbonyl (C=O) groups is 3. The highest BCUT2D eigenvalue weighted by Crippen LogP contribution is 2.18. The van der Waals surface area contributed by atoms with Crippen LogP contribution in [-0.4, -0.2) is 82.3 Å². The van der Waals surface area contributed by atoms with Crippen LogP contribution in [0.25, 0.3) is 0 Å². The number of carboxylic acids is 1. The Labute approximate surface area is 465 Å². The molecule has 9 heteroatoms. The van der Waals surface area contributed by atoms with E-state index in [4.69, 9.17) is 18.9 Å². The fourth-order valence-corrected chi connectivity index (χ4v) is 9.95. The number of carboxylic acid groups (broad SMARTS) is 1. The molecule has 0 N–H and O–H groups in total. The van der Waals surface area contributed by atoms with E-state index in [0.717, 1.165) is 38.5 Å². The Bertz CT molecular complexity index is 1240. The molecule has 0 aromatic carbocycles. The van der Waals surface area contributed by atoms with Crippen LogP contribution in [0.3, 0.4) is 0 Å². The molecule has 0 aromatic heterocycles. The number of allylic oxidation sites excluding steroid dienone is 2. The Morgan fingerprint density at radius 2 is 0.680 bits per heavy atom. The van der Waals surface area contributed by atoms with Gasteiger partial charge < -0.3 is 33.3 Å². The first-order valence-electron chi connectivity index (χ1n) is 32.8. The van der Waals surface area contributed by atoms with Crippen LogP contribution < -0.4 is 5.11 Å². The smallest absolute Gasteiger partial charge is 0.306 e. The third kappa shape index (κ3) is 59.5. The van der Waals surface area contributed by atoms with Crippen molar-refractivity contribution in [3.63, 3.8) is 0 Å². The number of carbonyl (C=O) groups excluding carboxylic acids is 3. The Balaban J connectivity index is 3.92. The Hall–Kier alpha value is -1.97. The van der Waals surface area contributed by atoms with E-state index in [2.05, 4.69) is 26.0 Å². The molecule has 75 heavy (non-hydrogen) atoms. The van der Waals surface area contributed by atoms with Crippen molar-refractivity contribution in [2.75, 3.05) is 47.5 Å². The minimum absolute atomic E-state index is 0.153. The highest BCUT2D eigenvalue weighted by molar-refractivity contribution is 5.70. The third-order valence-corrected chi connectivity index (χ3v) is 15.0. The largest absolute Gasteiger partial charge is 0.545 e. The molecule has 0 radical (unpaired) electrons. The maximum atomic E-state index is 12.9. The molecule has 0 fully saturated rings. The first kappa shape index (κ1) is 73.0. The molecule has 0 spiro atoms. The SMILES string of the molecule is CCCCCCCCCC/C=C\CCCCCCCCCCCCCCCCCCCCCCCCCCCC(=O)OC(COC(=O)CCCCCCCCCCCCCCC)COC(OCC[N+](C)(C)C)C(=O)[O-]. The van der Waals surface area contributed by atoms with E-state index in [9.17, 15) is 19.5 Å². The number of aliphatic carboxylic acids is 1. The van der Waals surface area contributed by atoms with E-state index in [1.54, 1.807) is 0 Å². The van der Waals surface area contributed by atoms with Gasteiger partial charge in [-0.15, -0.1) is 0 Å². The first-order chi connectivity index (χ1) is 36.6. The number of likely N-dealkylation sites (N-methyl/N-ethyl adjacent to an activating group) is 1. The molecule has 0 saturated carbocycles. The predicted octanol–water partition coefficient (Wildman–Crippen LogP) is 18.4. The van der Waals surface area contributed by atoms with Gasteiger partial charge in [0.15, 0.2) is 12.4 Å². The molecule has 0 bridgehead atoms. The van der Waals surface area contributed by atoms with E-state index in [-0.39, 0.29) is 32.2 Å². The Morgan fingerprint density at radius 1 is 0.387 bits per heavy atom. The zero-order valence-electron chi connectivity index (χ0n) is 50.7. The van der Waals surface area contributed by atoms with Gasteiger partial charge in [0, 0.05) is 12.8 Å². The normalized spacial score (nSPS) is 12.7. The van der Waals surface area contributed by atoms with Crippen molar-refractivity contribution in [2.24, 2.45) is 0 Å². The highest BCUT2D eigenvalue weighted by Gasteiger charge is 2.22. The number of rotatable bonds is 62. The van der Waals surface area contributed by atoms with Crippen molar-refractivity contribution in [2.45, 2.75) is 347 Å². The zero-order chi connectivity index (χ0) is 54.8. The average Bonchev–Trinajstić information content (AvgIpc) is 3.38. The quantitative estimate of drug-likeness (QED) is 0.0195. The van der Waals surface area contributed by atoms with Gasteiger partial charge >= 0.3 is 11.9 Å². The molecular weight excluding hydrogens is 935 g/mol. The summed E-state index contributed by atoms with van der Waals surface area (Å²) in [5.41, 5.74) is 0. The van der Waals surface area contributed by atoms with E-state index in [0.29, 0.717) is 17.4 Å². The average molecular weight is 1060 g/mol. The zero-order valence-corrected chi connectivity index (χ0v) is 50.7. The summed E-state index contributed by atoms with van der Waals surface area (Å²) in [6.45, 7) is 4.80. The van der Waals surface area contributed by atoms with Gasteiger partial charge in [0.1, 0.15) is 13.2 Å². The van der Waals surface area contributed by atoms with Crippen molar-refractivity contribution in [3.05, 3.63) is 12.2 Å². The van der Waals surface area contributed by atoms with Crippen molar-refractivity contribution in [1.82, 2.24) is 0 Å². The van der Waals surface area contributed by atoms with Gasteiger partial charge in [-0.25, -0.2) is 0 Å². The molecule has 0 saturated heterocycles. The minimum atomic E-state index is -1.61. The summed E-state index contributed by atoms with van der Waals surface area (Å²) in [5.74, 6) is -2.25. The van der Waals surface area contributed by atoms with Crippen molar-refractivity contribution in [3.8, 4) is 0 Å². The number of hydrogen-bond donors (Lipinski definition) is 0. The van der Waals surface area contributed by atoms with Gasteiger partial charge in [0.25, 0.3) is 0 Å². The maximum absolute atomic E-state index is 12.9. The van der Waals surface area contributed by atoms with Crippen LogP contribution in [0.1, 0.15) is 335 Å². The second kappa shape index (κ2) is 58.2. The summed E-state index contributed by atoms with van der Waals surface area (Å²) in [6, 6.07) is 0. The number of ether oxygens (including phenoxy) is 4. The first-order valence-corrected chi connectivity index (χ1v) is 32.8. The predicted molar refractivity (Wildman–Crippen MR) is 316 cm³/mol. The summed E-state index contributed by atoms with van der Waals surface area (Å²) < 4.78 is 22.7. The van der Waals surface area contributed by atoms with Gasteiger partial charge in [-0.1, -0.05) is 296 Å². The molecule has 2 unspecified atom stereocenters. The Morgan fingerprint density at radius 3 is 0.987 bits per heavy atom. The van der Waals surface area contributed by atoms with E-state index in [1.807, 2.05) is 21.1 Å². The Kier molecular flexibility index (Phi) is 56.7. The van der Waals surface area contributed by atoms with Gasteiger partial charge in [-0.3, -0.25) is 9.59 Å². The number of nitrogens with zero attached hydrogens (tertiary/aromatic N) is 1. The highest BCUT2D eigenvalue weighted by atomic mass is 16.7. The van der Waals surface area contributed by atoms with Gasteiger partial charge in [0.2, 0.25) is 0 Å². The standard InChI is InChI=1S/C66H127NO8/c1-6-8-10-12-14-16-18-20-21-22-23-24-25-26-27-28-29-30-31-32-33-34-35-36-37-38-39-40-41-42-43-45-47-49-51-53-55-57-64(69)75-62(61-74-66(65(70)71)72-59-58-67(3,4)5)60-73-63(68)56-54-52-50-48-46-44-19-17-15-13-11-9-7-2/h22-23,62,66H,6-21,24-61H2,1-5H3/b23-22-. The third-order valence-electron chi connectivity index (χ3n) is 15.0. The van der Waals surface area contributed by atoms with Crippen molar-refractivity contribution >= 4 is 17.9 Å². The molecule has 444 valence electrons. The number of unbranched alkanes of at least 4 members (excludes halogenated alkanes) is 45. The molecule has 0 aliphatic carbocycles. The van der Waals surface area contributed by atoms with Crippen molar-refractivity contribution in [1.29, 1.82) is 0 Å². The maximum Gasteiger partial charge on any atom is 0.306 e. The van der Waals surface area contributed by atoms with Crippen LogP contribution in [0, 0.1) is 0 Å². The molecule has 2 atom stereocenters. The fraction of sp³-hybridized carbons (Fsp3) is 0.924. The number of esters is 2. The van der Waals surface area contributed by atoms with Crippen molar-refractivity contribution < 1.29 is 42.9 Å².